The second kappa shape index (κ2) is 20.5. The lowest BCUT2D eigenvalue weighted by atomic mass is 9.89. The molecular formula is C41H66N6O6S. The van der Waals surface area contributed by atoms with Crippen LogP contribution in [0.1, 0.15) is 97.2 Å². The maximum atomic E-state index is 13.9. The van der Waals surface area contributed by atoms with Gasteiger partial charge in [0.25, 0.3) is 0 Å². The Bertz CT molecular complexity index is 1490. The van der Waals surface area contributed by atoms with E-state index in [0.29, 0.717) is 13.0 Å². The Morgan fingerprint density at radius 2 is 1.76 bits per heavy atom. The van der Waals surface area contributed by atoms with E-state index in [1.54, 1.807) is 53.3 Å². The predicted octanol–water partition coefficient (Wildman–Crippen LogP) is 4.90. The monoisotopic (exact) mass is 770 g/mol. The minimum atomic E-state index is -0.846. The summed E-state index contributed by atoms with van der Waals surface area (Å²) in [6, 6.07) is 8.72. The van der Waals surface area contributed by atoms with Gasteiger partial charge in [-0.25, -0.2) is 4.98 Å². The molecule has 1 aliphatic carbocycles. The van der Waals surface area contributed by atoms with Crippen molar-refractivity contribution in [1.29, 1.82) is 0 Å². The number of rotatable bonds is 23. The normalized spacial score (nSPS) is 20.3. The van der Waals surface area contributed by atoms with E-state index in [1.165, 1.54) is 11.3 Å². The van der Waals surface area contributed by atoms with Crippen LogP contribution in [0.3, 0.4) is 0 Å². The number of methoxy groups -OCH3 is 2. The number of hydrogen-bond donors (Lipinski definition) is 4. The van der Waals surface area contributed by atoms with Crippen molar-refractivity contribution in [2.75, 3.05) is 34.9 Å². The average molecular weight is 771 g/mol. The number of hydrogen-bond acceptors (Lipinski definition) is 9. The van der Waals surface area contributed by atoms with Gasteiger partial charge in [-0.1, -0.05) is 71.4 Å². The lowest BCUT2D eigenvalue weighted by Gasteiger charge is -2.40. The molecule has 4 amide bonds. The summed E-state index contributed by atoms with van der Waals surface area (Å²) in [5.74, 6) is -0.994. The third-order valence-corrected chi connectivity index (χ3v) is 12.4. The fourth-order valence-electron chi connectivity index (χ4n) is 7.33. The summed E-state index contributed by atoms with van der Waals surface area (Å²) in [6.45, 7) is 13.8. The number of amides is 4. The van der Waals surface area contributed by atoms with Crippen LogP contribution in [0, 0.1) is 23.7 Å². The quantitative estimate of drug-likeness (QED) is 0.117. The van der Waals surface area contributed by atoms with Crippen molar-refractivity contribution < 1.29 is 28.7 Å². The van der Waals surface area contributed by atoms with Crippen LogP contribution in [0.25, 0.3) is 0 Å². The SMILES string of the molecule is CC[C@H](C)[C@@H]([C@@H](CC(=O)NCCC[C@@H]1C[C@@]1(OC)[C@@H](C)C(=O)N[C@@H](Cc1ccccc1)c1nccs1)OC)N(C)C(=O)[C@@H](NC(=O)C(C)(C)NC)C(C)C. The van der Waals surface area contributed by atoms with Crippen molar-refractivity contribution >= 4 is 35.0 Å². The van der Waals surface area contributed by atoms with Gasteiger partial charge in [0.15, 0.2) is 0 Å². The highest BCUT2D eigenvalue weighted by molar-refractivity contribution is 7.09. The Balaban J connectivity index is 1.56. The van der Waals surface area contributed by atoms with Gasteiger partial charge in [0.1, 0.15) is 11.0 Å². The number of nitrogens with zero attached hydrogens (tertiary/aromatic N) is 2. The summed E-state index contributed by atoms with van der Waals surface area (Å²) in [7, 11) is 6.68. The molecule has 0 aliphatic heterocycles. The standard InChI is InChI=1S/C41H66N6O6S/c1-12-27(4)35(47(9)38(50)34(26(2)3)46-39(51)40(6,7)42-8)32(52-10)24-33(48)43-20-16-19-30-25-41(30,53-11)28(5)36(49)45-31(37-44-21-22-54-37)23-29-17-14-13-15-18-29/h13-15,17-18,21-22,26-28,30-32,34-35,42H,12,16,19-20,23-25H2,1-11H3,(H,43,48)(H,45,49)(H,46,51)/t27-,28-,30+,31-,32+,34-,35-,41+/m0/s1. The molecule has 1 heterocycles. The first-order valence-corrected chi connectivity index (χ1v) is 20.3. The molecule has 54 heavy (non-hydrogen) atoms. The van der Waals surface area contributed by atoms with Crippen LogP contribution >= 0.6 is 11.3 Å². The van der Waals surface area contributed by atoms with E-state index in [2.05, 4.69) is 38.4 Å². The first-order valence-electron chi connectivity index (χ1n) is 19.4. The minimum Gasteiger partial charge on any atom is -0.379 e. The van der Waals surface area contributed by atoms with Crippen molar-refractivity contribution in [2.24, 2.45) is 23.7 Å². The Hall–Kier alpha value is -3.39. The fourth-order valence-corrected chi connectivity index (χ4v) is 8.02. The Kier molecular flexibility index (Phi) is 17.1. The largest absolute Gasteiger partial charge is 0.379 e. The molecule has 12 nitrogen and oxygen atoms in total. The number of benzene rings is 1. The molecule has 0 saturated heterocycles. The number of aromatic nitrogens is 1. The smallest absolute Gasteiger partial charge is 0.245 e. The van der Waals surface area contributed by atoms with Gasteiger partial charge in [0.05, 0.1) is 41.7 Å². The van der Waals surface area contributed by atoms with Gasteiger partial charge in [-0.15, -0.1) is 11.3 Å². The van der Waals surface area contributed by atoms with Crippen molar-refractivity contribution in [3.05, 3.63) is 52.5 Å². The maximum absolute atomic E-state index is 13.9. The number of thiazole rings is 1. The van der Waals surface area contributed by atoms with E-state index in [9.17, 15) is 19.2 Å². The van der Waals surface area contributed by atoms with Gasteiger partial charge in [0, 0.05) is 39.4 Å². The molecule has 0 unspecified atom stereocenters. The van der Waals surface area contributed by atoms with E-state index in [-0.39, 0.29) is 59.8 Å². The molecule has 0 radical (unpaired) electrons. The van der Waals surface area contributed by atoms with E-state index < -0.39 is 29.3 Å². The molecule has 4 N–H and O–H groups in total. The summed E-state index contributed by atoms with van der Waals surface area (Å²) in [5.41, 5.74) is -0.270. The summed E-state index contributed by atoms with van der Waals surface area (Å²) < 4.78 is 11.9. The van der Waals surface area contributed by atoms with E-state index in [4.69, 9.17) is 9.47 Å². The van der Waals surface area contributed by atoms with Crippen LogP contribution in [-0.2, 0) is 35.1 Å². The second-order valence-electron chi connectivity index (χ2n) is 15.8. The number of likely N-dealkylation sites (N-methyl/N-ethyl adjacent to an activating group) is 2. The molecule has 1 aliphatic rings. The third kappa shape index (κ3) is 11.6. The number of carbonyl (C=O) groups is 4. The van der Waals surface area contributed by atoms with Gasteiger partial charge in [-0.05, 0) is 69.9 Å². The van der Waals surface area contributed by atoms with E-state index >= 15 is 0 Å². The van der Waals surface area contributed by atoms with Crippen LogP contribution in [0.15, 0.2) is 41.9 Å². The molecule has 1 aromatic carbocycles. The molecule has 0 bridgehead atoms. The minimum absolute atomic E-state index is 0.0281. The molecule has 302 valence electrons. The van der Waals surface area contributed by atoms with Crippen LogP contribution in [-0.4, -0.2) is 97.7 Å². The fraction of sp³-hybridized carbons (Fsp3) is 0.683. The van der Waals surface area contributed by atoms with Gasteiger partial charge >= 0.3 is 0 Å². The second-order valence-corrected chi connectivity index (χ2v) is 16.7. The lowest BCUT2D eigenvalue weighted by molar-refractivity contribution is -0.144. The van der Waals surface area contributed by atoms with Crippen LogP contribution in [0.2, 0.25) is 0 Å². The Morgan fingerprint density at radius 1 is 1.07 bits per heavy atom. The van der Waals surface area contributed by atoms with Crippen molar-refractivity contribution in [3.8, 4) is 0 Å². The molecule has 8 atom stereocenters. The van der Waals surface area contributed by atoms with Crippen LogP contribution in [0.5, 0.6) is 0 Å². The van der Waals surface area contributed by atoms with Crippen molar-refractivity contribution in [1.82, 2.24) is 31.2 Å². The zero-order chi connectivity index (χ0) is 40.2. The van der Waals surface area contributed by atoms with Crippen LogP contribution in [0.4, 0.5) is 0 Å². The summed E-state index contributed by atoms with van der Waals surface area (Å²) in [5, 5.41) is 15.0. The zero-order valence-electron chi connectivity index (χ0n) is 34.4. The van der Waals surface area contributed by atoms with Gasteiger partial charge in [0.2, 0.25) is 23.6 Å². The topological polar surface area (TPSA) is 151 Å². The van der Waals surface area contributed by atoms with Crippen LogP contribution < -0.4 is 21.3 Å². The highest BCUT2D eigenvalue weighted by atomic mass is 32.1. The Morgan fingerprint density at radius 3 is 2.31 bits per heavy atom. The summed E-state index contributed by atoms with van der Waals surface area (Å²) >= 11 is 1.53. The van der Waals surface area contributed by atoms with Gasteiger partial charge in [-0.2, -0.15) is 0 Å². The van der Waals surface area contributed by atoms with E-state index in [1.807, 2.05) is 58.2 Å². The molecular weight excluding hydrogens is 705 g/mol. The number of ether oxygens (including phenoxy) is 2. The molecule has 1 saturated carbocycles. The Labute approximate surface area is 327 Å². The highest BCUT2D eigenvalue weighted by Crippen LogP contribution is 2.54. The van der Waals surface area contributed by atoms with Crippen molar-refractivity contribution in [3.63, 3.8) is 0 Å². The first kappa shape index (κ1) is 45.0. The average Bonchev–Trinajstić information content (AvgIpc) is 3.60. The first-order chi connectivity index (χ1) is 25.6. The molecule has 2 aromatic rings. The molecule has 0 spiro atoms. The van der Waals surface area contributed by atoms with Gasteiger partial charge < -0.3 is 35.6 Å². The number of nitrogens with one attached hydrogen (secondary N) is 4. The maximum Gasteiger partial charge on any atom is 0.245 e. The summed E-state index contributed by atoms with van der Waals surface area (Å²) in [4.78, 5) is 60.0. The zero-order valence-corrected chi connectivity index (χ0v) is 35.2. The van der Waals surface area contributed by atoms with Gasteiger partial charge in [-0.3, -0.25) is 19.2 Å². The van der Waals surface area contributed by atoms with E-state index in [0.717, 1.165) is 36.3 Å². The third-order valence-electron chi connectivity index (χ3n) is 11.5. The molecule has 3 rings (SSSR count). The molecule has 1 aromatic heterocycles. The summed E-state index contributed by atoms with van der Waals surface area (Å²) in [6.07, 6.45) is 5.03. The number of carbonyl (C=O) groups excluding carboxylic acids is 4. The lowest BCUT2D eigenvalue weighted by Crippen LogP contribution is -2.61. The molecule has 1 fully saturated rings. The molecule has 13 heteroatoms. The van der Waals surface area contributed by atoms with Crippen molar-refractivity contribution in [2.45, 2.75) is 122 Å². The predicted molar refractivity (Wildman–Crippen MR) is 214 cm³/mol. The highest BCUT2D eigenvalue weighted by Gasteiger charge is 2.59.